The molecule has 0 aliphatic heterocycles. The van der Waals surface area contributed by atoms with Crippen LogP contribution in [0.25, 0.3) is 0 Å². The van der Waals surface area contributed by atoms with Gasteiger partial charge in [-0.25, -0.2) is 0 Å². The van der Waals surface area contributed by atoms with Gasteiger partial charge < -0.3 is 4.55 Å². The predicted molar refractivity (Wildman–Crippen MR) is 52.3 cm³/mol. The molecule has 0 heterocycles. The van der Waals surface area contributed by atoms with Crippen molar-refractivity contribution in [2.75, 3.05) is 5.75 Å². The molecule has 0 N–H and O–H groups in total. The predicted octanol–water partition coefficient (Wildman–Crippen LogP) is 1.26. The normalized spacial score (nSPS) is 41.6. The zero-order valence-corrected chi connectivity index (χ0v) is 9.36. The zero-order chi connectivity index (χ0) is 10.6. The molecule has 80 valence electrons. The van der Waals surface area contributed by atoms with Crippen molar-refractivity contribution in [1.29, 1.82) is 0 Å². The van der Waals surface area contributed by atoms with Crippen LogP contribution in [0.3, 0.4) is 0 Å². The van der Waals surface area contributed by atoms with Crippen LogP contribution in [-0.2, 0) is 15.9 Å². The maximum Gasteiger partial charge on any atom is 0.140 e. The largest absolute Gasteiger partial charge is 0.772 e. The van der Waals surface area contributed by atoms with E-state index in [1.165, 1.54) is 0 Å². The molecule has 3 nitrogen and oxygen atoms in total. The molecular weight excluding hydrogens is 200 g/mol. The van der Waals surface area contributed by atoms with Crippen LogP contribution in [0.4, 0.5) is 0 Å². The monoisotopic (exact) mass is 215 g/mol. The Kier molecular flexibility index (Phi) is 2.13. The Bertz CT molecular complexity index is 310. The third-order valence-corrected chi connectivity index (χ3v) is 5.23. The molecule has 1 unspecified atom stereocenters. The Morgan fingerprint density at radius 1 is 1.57 bits per heavy atom. The van der Waals surface area contributed by atoms with Gasteiger partial charge in [-0.15, -0.1) is 0 Å². The molecule has 2 aliphatic rings. The molecule has 0 aromatic carbocycles. The summed E-state index contributed by atoms with van der Waals surface area (Å²) in [4.78, 5) is 11.8. The van der Waals surface area contributed by atoms with E-state index < -0.39 is 16.5 Å². The van der Waals surface area contributed by atoms with Crippen molar-refractivity contribution >= 4 is 16.9 Å². The average molecular weight is 215 g/mol. The van der Waals surface area contributed by atoms with Crippen molar-refractivity contribution < 1.29 is 13.6 Å². The van der Waals surface area contributed by atoms with Crippen LogP contribution in [0.2, 0.25) is 0 Å². The lowest BCUT2D eigenvalue weighted by atomic mass is 9.70. The molecule has 2 rings (SSSR count). The van der Waals surface area contributed by atoms with Crippen LogP contribution >= 0.6 is 0 Å². The van der Waals surface area contributed by atoms with Crippen LogP contribution in [0.5, 0.6) is 0 Å². The first-order chi connectivity index (χ1) is 6.40. The summed E-state index contributed by atoms with van der Waals surface area (Å²) in [6.45, 7) is 4.09. The van der Waals surface area contributed by atoms with Crippen LogP contribution in [0.1, 0.15) is 33.1 Å². The summed E-state index contributed by atoms with van der Waals surface area (Å²) < 4.78 is 21.6. The number of ketones is 1. The number of fused-ring (bicyclic) bond motifs is 2. The molecule has 2 bridgehead atoms. The fourth-order valence-electron chi connectivity index (χ4n) is 3.31. The summed E-state index contributed by atoms with van der Waals surface area (Å²) in [6.07, 6.45) is 2.36. The maximum atomic E-state index is 11.8. The zero-order valence-electron chi connectivity index (χ0n) is 8.54. The van der Waals surface area contributed by atoms with Crippen LogP contribution in [-0.4, -0.2) is 20.3 Å². The lowest BCUT2D eigenvalue weighted by molar-refractivity contribution is -0.128. The molecule has 2 fully saturated rings. The van der Waals surface area contributed by atoms with Gasteiger partial charge in [-0.2, -0.15) is 0 Å². The molecule has 0 radical (unpaired) electrons. The number of rotatable bonds is 2. The van der Waals surface area contributed by atoms with Gasteiger partial charge in [0.2, 0.25) is 0 Å². The minimum absolute atomic E-state index is 0.0231. The average Bonchev–Trinajstić information content (AvgIpc) is 2.36. The van der Waals surface area contributed by atoms with Crippen molar-refractivity contribution in [3.63, 3.8) is 0 Å². The first kappa shape index (κ1) is 10.3. The van der Waals surface area contributed by atoms with Gasteiger partial charge >= 0.3 is 0 Å². The van der Waals surface area contributed by atoms with Crippen LogP contribution in [0.15, 0.2) is 0 Å². The third-order valence-electron chi connectivity index (χ3n) is 4.50. The van der Waals surface area contributed by atoms with E-state index in [4.69, 9.17) is 0 Å². The fourth-order valence-corrected chi connectivity index (χ4v) is 4.39. The van der Waals surface area contributed by atoms with E-state index >= 15 is 0 Å². The van der Waals surface area contributed by atoms with Gasteiger partial charge in [0, 0.05) is 17.6 Å². The molecule has 0 aromatic heterocycles. The van der Waals surface area contributed by atoms with E-state index in [9.17, 15) is 13.6 Å². The number of hydrogen-bond acceptors (Lipinski definition) is 3. The van der Waals surface area contributed by atoms with Crippen molar-refractivity contribution in [1.82, 2.24) is 0 Å². The van der Waals surface area contributed by atoms with Gasteiger partial charge in [0.05, 0.1) is 0 Å². The SMILES string of the molecule is CC1(C)[C@@H]2CC[C@]1(CS(=O)[O-])C(=O)C2. The van der Waals surface area contributed by atoms with Gasteiger partial charge in [0.15, 0.2) is 0 Å². The summed E-state index contributed by atoms with van der Waals surface area (Å²) in [5.41, 5.74) is -0.686. The van der Waals surface area contributed by atoms with E-state index in [2.05, 4.69) is 0 Å². The van der Waals surface area contributed by atoms with Gasteiger partial charge in [0.1, 0.15) is 5.78 Å². The van der Waals surface area contributed by atoms with E-state index in [0.29, 0.717) is 12.3 Å². The molecule has 3 atom stereocenters. The summed E-state index contributed by atoms with van der Waals surface area (Å²) in [6, 6.07) is 0. The Morgan fingerprint density at radius 2 is 2.21 bits per heavy atom. The van der Waals surface area contributed by atoms with Gasteiger partial charge in [-0.3, -0.25) is 9.00 Å². The highest BCUT2D eigenvalue weighted by molar-refractivity contribution is 7.79. The molecule has 0 saturated heterocycles. The minimum atomic E-state index is -2.11. The summed E-state index contributed by atoms with van der Waals surface area (Å²) in [5, 5.41) is 0. The quantitative estimate of drug-likeness (QED) is 0.652. The second kappa shape index (κ2) is 2.89. The Labute approximate surface area is 86.6 Å². The van der Waals surface area contributed by atoms with E-state index in [1.807, 2.05) is 13.8 Å². The highest BCUT2D eigenvalue weighted by Gasteiger charge is 2.63. The van der Waals surface area contributed by atoms with Crippen molar-refractivity contribution in [2.24, 2.45) is 16.7 Å². The Balaban J connectivity index is 2.39. The van der Waals surface area contributed by atoms with Crippen molar-refractivity contribution in [3.05, 3.63) is 0 Å². The molecule has 4 heteroatoms. The molecule has 0 amide bonds. The topological polar surface area (TPSA) is 57.2 Å². The standard InChI is InChI=1S/C10H16O3S/c1-9(2)7-3-4-10(9,6-14(12)13)8(11)5-7/h7H,3-6H2,1-2H3,(H,12,13)/p-1/t7-,10+/m1/s1. The number of hydrogen-bond donors (Lipinski definition) is 0. The second-order valence-electron chi connectivity index (χ2n) is 5.11. The first-order valence-electron chi connectivity index (χ1n) is 4.99. The van der Waals surface area contributed by atoms with Gasteiger partial charge in [0.25, 0.3) is 0 Å². The van der Waals surface area contributed by atoms with E-state index in [-0.39, 0.29) is 17.0 Å². The van der Waals surface area contributed by atoms with Gasteiger partial charge in [-0.05, 0) is 24.2 Å². The number of carbonyl (C=O) groups is 1. The second-order valence-corrected chi connectivity index (χ2v) is 6.01. The van der Waals surface area contributed by atoms with Gasteiger partial charge in [-0.1, -0.05) is 24.9 Å². The van der Waals surface area contributed by atoms with Crippen molar-refractivity contribution in [3.8, 4) is 0 Å². The highest BCUT2D eigenvalue weighted by atomic mass is 32.2. The molecule has 2 saturated carbocycles. The molecule has 0 spiro atoms. The number of carbonyl (C=O) groups excluding carboxylic acids is 1. The number of Topliss-reactive ketones (excluding diaryl/α,β-unsaturated/α-hetero) is 1. The Hall–Kier alpha value is -0.220. The highest BCUT2D eigenvalue weighted by Crippen LogP contribution is 2.63. The minimum Gasteiger partial charge on any atom is -0.772 e. The van der Waals surface area contributed by atoms with E-state index in [1.54, 1.807) is 0 Å². The molecule has 0 aromatic rings. The first-order valence-corrected chi connectivity index (χ1v) is 6.24. The third kappa shape index (κ3) is 1.07. The lowest BCUT2D eigenvalue weighted by Gasteiger charge is -2.37. The van der Waals surface area contributed by atoms with Crippen LogP contribution < -0.4 is 0 Å². The smallest absolute Gasteiger partial charge is 0.140 e. The molecular formula is C10H15O3S-. The summed E-state index contributed by atoms with van der Waals surface area (Å²) in [7, 11) is 0. The maximum absolute atomic E-state index is 11.8. The molecule has 14 heavy (non-hydrogen) atoms. The summed E-state index contributed by atoms with van der Waals surface area (Å²) >= 11 is -2.11. The van der Waals surface area contributed by atoms with E-state index in [0.717, 1.165) is 12.8 Å². The fraction of sp³-hybridized carbons (Fsp3) is 0.900. The van der Waals surface area contributed by atoms with Crippen molar-refractivity contribution in [2.45, 2.75) is 33.1 Å². The lowest BCUT2D eigenvalue weighted by Crippen LogP contribution is -2.40. The van der Waals surface area contributed by atoms with Crippen LogP contribution in [0, 0.1) is 16.7 Å². The summed E-state index contributed by atoms with van der Waals surface area (Å²) in [5.74, 6) is 0.594. The Morgan fingerprint density at radius 3 is 2.57 bits per heavy atom. The molecule has 2 aliphatic carbocycles.